The lowest BCUT2D eigenvalue weighted by Gasteiger charge is -2.30. The van der Waals surface area contributed by atoms with E-state index < -0.39 is 5.97 Å². The fourth-order valence-electron chi connectivity index (χ4n) is 1.90. The van der Waals surface area contributed by atoms with E-state index >= 15 is 0 Å². The van der Waals surface area contributed by atoms with Crippen molar-refractivity contribution >= 4 is 5.97 Å². The zero-order chi connectivity index (χ0) is 10.4. The van der Waals surface area contributed by atoms with Crippen molar-refractivity contribution in [3.8, 4) is 0 Å². The molecule has 1 aliphatic rings. The number of aliphatic carboxylic acids is 1. The maximum absolute atomic E-state index is 10.6. The number of piperidine rings is 1. The predicted octanol–water partition coefficient (Wildman–Crippen LogP) is 2.24. The highest BCUT2D eigenvalue weighted by atomic mass is 16.4. The third-order valence-electron chi connectivity index (χ3n) is 2.56. The first-order valence-electron chi connectivity index (χ1n) is 5.42. The van der Waals surface area contributed by atoms with E-state index in [4.69, 9.17) is 5.11 Å². The molecular formula is C11H19NO2. The molecule has 3 heteroatoms. The minimum absolute atomic E-state index is 0.820. The molecule has 80 valence electrons. The Labute approximate surface area is 85.4 Å². The van der Waals surface area contributed by atoms with Crippen LogP contribution >= 0.6 is 0 Å². The van der Waals surface area contributed by atoms with Crippen LogP contribution in [-0.2, 0) is 4.79 Å². The number of nitrogens with zero attached hydrogens (tertiary/aromatic N) is 1. The van der Waals surface area contributed by atoms with E-state index in [0.717, 1.165) is 31.6 Å². The van der Waals surface area contributed by atoms with Crippen LogP contribution < -0.4 is 0 Å². The molecule has 0 aromatic rings. The molecule has 0 aliphatic carbocycles. The molecule has 1 N–H and O–H groups in total. The maximum atomic E-state index is 10.6. The molecule has 0 aromatic heterocycles. The Morgan fingerprint density at radius 2 is 2.00 bits per heavy atom. The second kappa shape index (κ2) is 5.68. The molecule has 0 saturated carbocycles. The van der Waals surface area contributed by atoms with Gasteiger partial charge in [-0.15, -0.1) is 0 Å². The quantitative estimate of drug-likeness (QED) is 0.703. The zero-order valence-electron chi connectivity index (χ0n) is 8.83. The van der Waals surface area contributed by atoms with Gasteiger partial charge >= 0.3 is 5.97 Å². The lowest BCUT2D eigenvalue weighted by molar-refractivity contribution is -0.131. The predicted molar refractivity (Wildman–Crippen MR) is 56.1 cm³/mol. The SMILES string of the molecule is CCC/C(=C\C(=O)O)N1CCCCC1. The van der Waals surface area contributed by atoms with Gasteiger partial charge in [-0.1, -0.05) is 13.3 Å². The van der Waals surface area contributed by atoms with Gasteiger partial charge in [0.05, 0.1) is 0 Å². The van der Waals surface area contributed by atoms with Gasteiger partial charge in [-0.3, -0.25) is 0 Å². The Kier molecular flexibility index (Phi) is 4.50. The third-order valence-corrected chi connectivity index (χ3v) is 2.56. The van der Waals surface area contributed by atoms with Crippen molar-refractivity contribution in [2.45, 2.75) is 39.0 Å². The molecule has 1 heterocycles. The van der Waals surface area contributed by atoms with Crippen molar-refractivity contribution in [2.24, 2.45) is 0 Å². The minimum Gasteiger partial charge on any atom is -0.478 e. The number of hydrogen-bond acceptors (Lipinski definition) is 2. The summed E-state index contributed by atoms with van der Waals surface area (Å²) in [5.74, 6) is -0.820. The van der Waals surface area contributed by atoms with Crippen molar-refractivity contribution in [3.63, 3.8) is 0 Å². The highest BCUT2D eigenvalue weighted by molar-refractivity contribution is 5.80. The molecule has 0 amide bonds. The van der Waals surface area contributed by atoms with Crippen LogP contribution in [0.3, 0.4) is 0 Å². The van der Waals surface area contributed by atoms with Gasteiger partial charge in [0.1, 0.15) is 0 Å². The molecular weight excluding hydrogens is 178 g/mol. The monoisotopic (exact) mass is 197 g/mol. The molecule has 1 saturated heterocycles. The Balaban J connectivity index is 2.60. The third kappa shape index (κ3) is 3.40. The summed E-state index contributed by atoms with van der Waals surface area (Å²) in [5.41, 5.74) is 1.000. The molecule has 0 atom stereocenters. The van der Waals surface area contributed by atoms with Crippen LogP contribution in [0.4, 0.5) is 0 Å². The number of carboxylic acids is 1. The average Bonchev–Trinajstić information content (AvgIpc) is 2.18. The minimum atomic E-state index is -0.820. The number of likely N-dealkylation sites (tertiary alicyclic amines) is 1. The van der Waals surface area contributed by atoms with Crippen molar-refractivity contribution < 1.29 is 9.90 Å². The number of rotatable bonds is 4. The van der Waals surface area contributed by atoms with Gasteiger partial charge < -0.3 is 10.0 Å². The van der Waals surface area contributed by atoms with E-state index in [1.54, 1.807) is 0 Å². The maximum Gasteiger partial charge on any atom is 0.330 e. The molecule has 14 heavy (non-hydrogen) atoms. The number of allylic oxidation sites excluding steroid dienone is 1. The molecule has 1 fully saturated rings. The van der Waals surface area contributed by atoms with E-state index in [9.17, 15) is 4.79 Å². The number of carbonyl (C=O) groups is 1. The van der Waals surface area contributed by atoms with E-state index in [1.165, 1.54) is 25.3 Å². The molecule has 1 rings (SSSR count). The molecule has 1 aliphatic heterocycles. The molecule has 0 aromatic carbocycles. The van der Waals surface area contributed by atoms with Crippen LogP contribution in [-0.4, -0.2) is 29.1 Å². The zero-order valence-corrected chi connectivity index (χ0v) is 8.83. The molecule has 0 radical (unpaired) electrons. The van der Waals surface area contributed by atoms with Gasteiger partial charge in [0.25, 0.3) is 0 Å². The number of carboxylic acid groups (broad SMARTS) is 1. The van der Waals surface area contributed by atoms with Crippen molar-refractivity contribution in [2.75, 3.05) is 13.1 Å². The Morgan fingerprint density at radius 1 is 1.36 bits per heavy atom. The van der Waals surface area contributed by atoms with Crippen molar-refractivity contribution in [1.82, 2.24) is 4.90 Å². The van der Waals surface area contributed by atoms with Crippen LogP contribution in [0.2, 0.25) is 0 Å². The van der Waals surface area contributed by atoms with E-state index in [1.807, 2.05) is 0 Å². The topological polar surface area (TPSA) is 40.5 Å². The van der Waals surface area contributed by atoms with Crippen LogP contribution in [0.1, 0.15) is 39.0 Å². The normalized spacial score (nSPS) is 18.4. The van der Waals surface area contributed by atoms with Gasteiger partial charge in [0, 0.05) is 24.9 Å². The molecule has 0 unspecified atom stereocenters. The van der Waals surface area contributed by atoms with Crippen LogP contribution in [0, 0.1) is 0 Å². The Bertz CT molecular complexity index is 217. The first kappa shape index (κ1) is 11.1. The summed E-state index contributed by atoms with van der Waals surface area (Å²) in [6.45, 7) is 4.14. The largest absolute Gasteiger partial charge is 0.478 e. The Hall–Kier alpha value is -0.990. The second-order valence-electron chi connectivity index (χ2n) is 3.77. The fraction of sp³-hybridized carbons (Fsp3) is 0.727. The summed E-state index contributed by atoms with van der Waals surface area (Å²) >= 11 is 0. The average molecular weight is 197 g/mol. The van der Waals surface area contributed by atoms with Crippen LogP contribution in [0.25, 0.3) is 0 Å². The van der Waals surface area contributed by atoms with E-state index in [0.29, 0.717) is 0 Å². The lowest BCUT2D eigenvalue weighted by Crippen LogP contribution is -2.29. The van der Waals surface area contributed by atoms with Gasteiger partial charge in [-0.2, -0.15) is 0 Å². The summed E-state index contributed by atoms with van der Waals surface area (Å²) in [6, 6.07) is 0. The second-order valence-corrected chi connectivity index (χ2v) is 3.77. The highest BCUT2D eigenvalue weighted by Gasteiger charge is 2.13. The molecule has 0 spiro atoms. The Morgan fingerprint density at radius 3 is 2.50 bits per heavy atom. The lowest BCUT2D eigenvalue weighted by atomic mass is 10.1. The molecule has 0 bridgehead atoms. The smallest absolute Gasteiger partial charge is 0.330 e. The standard InChI is InChI=1S/C11H19NO2/c1-2-6-10(9-11(13)14)12-7-4-3-5-8-12/h9H,2-8H2,1H3,(H,13,14)/b10-9+. The number of hydrogen-bond donors (Lipinski definition) is 1. The van der Waals surface area contributed by atoms with E-state index in [-0.39, 0.29) is 0 Å². The summed E-state index contributed by atoms with van der Waals surface area (Å²) in [5, 5.41) is 8.74. The van der Waals surface area contributed by atoms with Crippen molar-refractivity contribution in [3.05, 3.63) is 11.8 Å². The van der Waals surface area contributed by atoms with Crippen LogP contribution in [0.15, 0.2) is 11.8 Å². The van der Waals surface area contributed by atoms with Crippen LogP contribution in [0.5, 0.6) is 0 Å². The van der Waals surface area contributed by atoms with Gasteiger partial charge in [0.15, 0.2) is 0 Å². The van der Waals surface area contributed by atoms with Gasteiger partial charge in [-0.25, -0.2) is 4.79 Å². The summed E-state index contributed by atoms with van der Waals surface area (Å²) in [7, 11) is 0. The summed E-state index contributed by atoms with van der Waals surface area (Å²) < 4.78 is 0. The first-order chi connectivity index (χ1) is 6.74. The van der Waals surface area contributed by atoms with E-state index in [2.05, 4.69) is 11.8 Å². The van der Waals surface area contributed by atoms with Crippen molar-refractivity contribution in [1.29, 1.82) is 0 Å². The summed E-state index contributed by atoms with van der Waals surface area (Å²) in [4.78, 5) is 12.8. The summed E-state index contributed by atoms with van der Waals surface area (Å²) in [6.07, 6.45) is 6.93. The first-order valence-corrected chi connectivity index (χ1v) is 5.42. The highest BCUT2D eigenvalue weighted by Crippen LogP contribution is 2.18. The van der Waals surface area contributed by atoms with Gasteiger partial charge in [0.2, 0.25) is 0 Å². The van der Waals surface area contributed by atoms with Gasteiger partial charge in [-0.05, 0) is 25.7 Å². The molecule has 3 nitrogen and oxygen atoms in total. The fourth-order valence-corrected chi connectivity index (χ4v) is 1.90.